The average molecular weight is 275 g/mol. The zero-order valence-electron chi connectivity index (χ0n) is 11.7. The number of hydrogen-bond acceptors (Lipinski definition) is 3. The van der Waals surface area contributed by atoms with Gasteiger partial charge in [0.05, 0.1) is 0 Å². The van der Waals surface area contributed by atoms with Gasteiger partial charge in [0, 0.05) is 38.2 Å². The van der Waals surface area contributed by atoms with E-state index < -0.39 is 0 Å². The van der Waals surface area contributed by atoms with Gasteiger partial charge in [0.2, 0.25) is 11.8 Å². The van der Waals surface area contributed by atoms with E-state index in [-0.39, 0.29) is 11.8 Å². The average Bonchev–Trinajstić information content (AvgIpc) is 3.20. The molecule has 2 rings (SSSR count). The molecule has 1 aromatic rings. The van der Waals surface area contributed by atoms with Crippen molar-refractivity contribution in [2.45, 2.75) is 38.8 Å². The highest BCUT2D eigenvalue weighted by Crippen LogP contribution is 2.18. The Morgan fingerprint density at radius 3 is 2.50 bits per heavy atom. The van der Waals surface area contributed by atoms with Crippen molar-refractivity contribution in [1.82, 2.24) is 10.6 Å². The monoisotopic (exact) mass is 275 g/mol. The van der Waals surface area contributed by atoms with Gasteiger partial charge in [-0.3, -0.25) is 9.59 Å². The van der Waals surface area contributed by atoms with Crippen LogP contribution in [0, 0.1) is 0 Å². The Balaban J connectivity index is 1.63. The predicted octanol–water partition coefficient (Wildman–Crippen LogP) is 1.40. The van der Waals surface area contributed by atoms with Gasteiger partial charge in [-0.1, -0.05) is 12.1 Å². The summed E-state index contributed by atoms with van der Waals surface area (Å²) in [6.07, 6.45) is 2.76. The minimum absolute atomic E-state index is 0.0717. The molecule has 5 nitrogen and oxygen atoms in total. The molecular weight excluding hydrogens is 254 g/mol. The standard InChI is InChI=1S/C15H21N3O2/c1-11(19)17-13-4-2-12(3-5-13)10-16-9-8-15(20)18-14-6-7-14/h2-5,14,16H,6-10H2,1H3,(H,17,19)(H,18,20). The van der Waals surface area contributed by atoms with Gasteiger partial charge in [0.15, 0.2) is 0 Å². The number of hydrogen-bond donors (Lipinski definition) is 3. The van der Waals surface area contributed by atoms with Crippen molar-refractivity contribution in [1.29, 1.82) is 0 Å². The Kier molecular flexibility index (Phi) is 5.12. The van der Waals surface area contributed by atoms with E-state index in [1.165, 1.54) is 6.92 Å². The van der Waals surface area contributed by atoms with Crippen molar-refractivity contribution in [3.05, 3.63) is 29.8 Å². The molecule has 108 valence electrons. The van der Waals surface area contributed by atoms with E-state index in [1.807, 2.05) is 24.3 Å². The zero-order chi connectivity index (χ0) is 14.4. The predicted molar refractivity (Wildman–Crippen MR) is 78.2 cm³/mol. The SMILES string of the molecule is CC(=O)Nc1ccc(CNCCC(=O)NC2CC2)cc1. The van der Waals surface area contributed by atoms with Crippen LogP contribution >= 0.6 is 0 Å². The second-order valence-corrected chi connectivity index (χ2v) is 5.15. The molecule has 0 spiro atoms. The summed E-state index contributed by atoms with van der Waals surface area (Å²) in [4.78, 5) is 22.4. The van der Waals surface area contributed by atoms with E-state index >= 15 is 0 Å². The fraction of sp³-hybridized carbons (Fsp3) is 0.467. The van der Waals surface area contributed by atoms with Gasteiger partial charge in [0.1, 0.15) is 0 Å². The summed E-state index contributed by atoms with van der Waals surface area (Å²) in [5.74, 6) is 0.0542. The highest BCUT2D eigenvalue weighted by molar-refractivity contribution is 5.88. The van der Waals surface area contributed by atoms with Gasteiger partial charge < -0.3 is 16.0 Å². The van der Waals surface area contributed by atoms with Crippen LogP contribution in [0.3, 0.4) is 0 Å². The molecule has 1 fully saturated rings. The van der Waals surface area contributed by atoms with E-state index in [4.69, 9.17) is 0 Å². The minimum atomic E-state index is -0.0717. The highest BCUT2D eigenvalue weighted by atomic mass is 16.2. The van der Waals surface area contributed by atoms with Crippen LogP contribution in [-0.4, -0.2) is 24.4 Å². The first kappa shape index (κ1) is 14.5. The number of carbonyl (C=O) groups excluding carboxylic acids is 2. The van der Waals surface area contributed by atoms with Crippen LogP contribution in [0.15, 0.2) is 24.3 Å². The van der Waals surface area contributed by atoms with Crippen LogP contribution in [0.2, 0.25) is 0 Å². The van der Waals surface area contributed by atoms with E-state index in [0.29, 0.717) is 19.0 Å². The van der Waals surface area contributed by atoms with Crippen molar-refractivity contribution in [2.75, 3.05) is 11.9 Å². The Labute approximate surface area is 119 Å². The number of nitrogens with one attached hydrogen (secondary N) is 3. The summed E-state index contributed by atoms with van der Waals surface area (Å²) in [7, 11) is 0. The summed E-state index contributed by atoms with van der Waals surface area (Å²) in [6, 6.07) is 8.10. The molecule has 2 amide bonds. The van der Waals surface area contributed by atoms with E-state index in [9.17, 15) is 9.59 Å². The lowest BCUT2D eigenvalue weighted by atomic mass is 10.2. The number of carbonyl (C=O) groups is 2. The topological polar surface area (TPSA) is 70.2 Å². The molecule has 0 atom stereocenters. The third-order valence-electron chi connectivity index (χ3n) is 3.07. The molecule has 1 aliphatic rings. The quantitative estimate of drug-likeness (QED) is 0.659. The molecule has 1 aliphatic carbocycles. The summed E-state index contributed by atoms with van der Waals surface area (Å²) in [5.41, 5.74) is 1.92. The van der Waals surface area contributed by atoms with Crippen LogP contribution < -0.4 is 16.0 Å². The minimum Gasteiger partial charge on any atom is -0.353 e. The van der Waals surface area contributed by atoms with Gasteiger partial charge >= 0.3 is 0 Å². The molecule has 3 N–H and O–H groups in total. The van der Waals surface area contributed by atoms with Gasteiger partial charge in [-0.15, -0.1) is 0 Å². The molecule has 0 radical (unpaired) electrons. The normalized spacial score (nSPS) is 13.8. The van der Waals surface area contributed by atoms with Crippen molar-refractivity contribution >= 4 is 17.5 Å². The fourth-order valence-corrected chi connectivity index (χ4v) is 1.87. The molecular formula is C15H21N3O2. The fourth-order valence-electron chi connectivity index (χ4n) is 1.87. The Morgan fingerprint density at radius 1 is 1.20 bits per heavy atom. The van der Waals surface area contributed by atoms with Crippen molar-refractivity contribution in [3.8, 4) is 0 Å². The lowest BCUT2D eigenvalue weighted by molar-refractivity contribution is -0.121. The molecule has 20 heavy (non-hydrogen) atoms. The first-order valence-corrected chi connectivity index (χ1v) is 7.00. The summed E-state index contributed by atoms with van der Waals surface area (Å²) < 4.78 is 0. The first-order valence-electron chi connectivity index (χ1n) is 7.00. The molecule has 0 aromatic heterocycles. The number of benzene rings is 1. The van der Waals surface area contributed by atoms with Gasteiger partial charge in [0.25, 0.3) is 0 Å². The molecule has 0 aliphatic heterocycles. The maximum absolute atomic E-state index is 11.5. The summed E-state index contributed by atoms with van der Waals surface area (Å²) >= 11 is 0. The molecule has 0 heterocycles. The number of rotatable bonds is 7. The smallest absolute Gasteiger partial charge is 0.221 e. The van der Waals surface area contributed by atoms with Crippen LogP contribution in [0.4, 0.5) is 5.69 Å². The van der Waals surface area contributed by atoms with Gasteiger partial charge in [-0.05, 0) is 30.5 Å². The summed E-state index contributed by atoms with van der Waals surface area (Å²) in [5, 5.41) is 8.92. The lowest BCUT2D eigenvalue weighted by Gasteiger charge is -2.07. The number of anilines is 1. The third kappa shape index (κ3) is 5.40. The third-order valence-corrected chi connectivity index (χ3v) is 3.07. The largest absolute Gasteiger partial charge is 0.353 e. The Bertz CT molecular complexity index is 467. The molecule has 5 heteroatoms. The lowest BCUT2D eigenvalue weighted by Crippen LogP contribution is -2.28. The van der Waals surface area contributed by atoms with Gasteiger partial charge in [-0.2, -0.15) is 0 Å². The van der Waals surface area contributed by atoms with Crippen LogP contribution in [0.5, 0.6) is 0 Å². The van der Waals surface area contributed by atoms with E-state index in [2.05, 4.69) is 16.0 Å². The highest BCUT2D eigenvalue weighted by Gasteiger charge is 2.22. The number of amides is 2. The maximum Gasteiger partial charge on any atom is 0.221 e. The Hall–Kier alpha value is -1.88. The van der Waals surface area contributed by atoms with Crippen LogP contribution in [0.1, 0.15) is 31.7 Å². The molecule has 1 aromatic carbocycles. The molecule has 1 saturated carbocycles. The van der Waals surface area contributed by atoms with Crippen molar-refractivity contribution < 1.29 is 9.59 Å². The zero-order valence-corrected chi connectivity index (χ0v) is 11.7. The second-order valence-electron chi connectivity index (χ2n) is 5.15. The van der Waals surface area contributed by atoms with Gasteiger partial charge in [-0.25, -0.2) is 0 Å². The molecule has 0 saturated heterocycles. The van der Waals surface area contributed by atoms with Crippen molar-refractivity contribution in [3.63, 3.8) is 0 Å². The maximum atomic E-state index is 11.5. The van der Waals surface area contributed by atoms with E-state index in [0.717, 1.165) is 30.6 Å². The first-order chi connectivity index (χ1) is 9.63. The summed E-state index contributed by atoms with van der Waals surface area (Å²) in [6.45, 7) is 2.88. The molecule has 0 bridgehead atoms. The Morgan fingerprint density at radius 2 is 1.90 bits per heavy atom. The second kappa shape index (κ2) is 7.05. The van der Waals surface area contributed by atoms with Crippen LogP contribution in [-0.2, 0) is 16.1 Å². The van der Waals surface area contributed by atoms with Crippen molar-refractivity contribution in [2.24, 2.45) is 0 Å². The van der Waals surface area contributed by atoms with Crippen LogP contribution in [0.25, 0.3) is 0 Å². The molecule has 0 unspecified atom stereocenters. The van der Waals surface area contributed by atoms with E-state index in [1.54, 1.807) is 0 Å².